The summed E-state index contributed by atoms with van der Waals surface area (Å²) >= 11 is 1.19. The molecule has 0 spiro atoms. The highest BCUT2D eigenvalue weighted by atomic mass is 32.1. The number of carbonyl (C=O) groups excluding carboxylic acids is 2. The van der Waals surface area contributed by atoms with Gasteiger partial charge in [0.15, 0.2) is 5.13 Å². The second-order valence-corrected chi connectivity index (χ2v) is 6.31. The van der Waals surface area contributed by atoms with E-state index in [0.29, 0.717) is 10.8 Å². The van der Waals surface area contributed by atoms with Crippen molar-refractivity contribution in [2.75, 3.05) is 16.0 Å². The standard InChI is InChI=1S/C19H18N4O2S/c1-2-13-8-6-7-11-15(13)21-17(24)16-12-26-19(22-16)23-18(25)20-14-9-4-3-5-10-14/h3-12H,2H2,1H3,(H,21,24)(H2,20,22,23,25). The Morgan fingerprint density at radius 3 is 2.46 bits per heavy atom. The van der Waals surface area contributed by atoms with Crippen molar-refractivity contribution in [3.05, 3.63) is 71.2 Å². The first-order valence-electron chi connectivity index (χ1n) is 8.13. The van der Waals surface area contributed by atoms with E-state index in [1.807, 2.05) is 49.4 Å². The van der Waals surface area contributed by atoms with Crippen LogP contribution in [-0.4, -0.2) is 16.9 Å². The number of thiazole rings is 1. The molecule has 3 N–H and O–H groups in total. The number of para-hydroxylation sites is 2. The van der Waals surface area contributed by atoms with Crippen LogP contribution in [0.4, 0.5) is 21.3 Å². The largest absolute Gasteiger partial charge is 0.325 e. The van der Waals surface area contributed by atoms with Gasteiger partial charge in [-0.15, -0.1) is 11.3 Å². The molecule has 0 atom stereocenters. The predicted octanol–water partition coefficient (Wildman–Crippen LogP) is 4.60. The molecule has 0 fully saturated rings. The van der Waals surface area contributed by atoms with Gasteiger partial charge in [0, 0.05) is 16.8 Å². The Labute approximate surface area is 155 Å². The maximum absolute atomic E-state index is 12.4. The summed E-state index contributed by atoms with van der Waals surface area (Å²) in [4.78, 5) is 28.5. The van der Waals surface area contributed by atoms with Crippen molar-refractivity contribution in [2.24, 2.45) is 0 Å². The zero-order chi connectivity index (χ0) is 18.4. The van der Waals surface area contributed by atoms with Gasteiger partial charge in [0.05, 0.1) is 0 Å². The molecule has 0 saturated carbocycles. The molecule has 3 aromatic rings. The molecule has 6 nitrogen and oxygen atoms in total. The van der Waals surface area contributed by atoms with Crippen molar-refractivity contribution in [1.29, 1.82) is 0 Å². The molecule has 132 valence electrons. The minimum atomic E-state index is -0.408. The molecule has 1 aromatic heterocycles. The van der Waals surface area contributed by atoms with Gasteiger partial charge in [-0.2, -0.15) is 0 Å². The lowest BCUT2D eigenvalue weighted by Crippen LogP contribution is -2.19. The van der Waals surface area contributed by atoms with Crippen LogP contribution >= 0.6 is 11.3 Å². The molecule has 0 radical (unpaired) electrons. The van der Waals surface area contributed by atoms with E-state index >= 15 is 0 Å². The van der Waals surface area contributed by atoms with Gasteiger partial charge in [-0.05, 0) is 30.2 Å². The molecule has 3 amide bonds. The SMILES string of the molecule is CCc1ccccc1NC(=O)c1csc(NC(=O)Nc2ccccc2)n1. The van der Waals surface area contributed by atoms with E-state index in [-0.39, 0.29) is 11.6 Å². The number of nitrogens with zero attached hydrogens (tertiary/aromatic N) is 1. The molecular weight excluding hydrogens is 348 g/mol. The highest BCUT2D eigenvalue weighted by Crippen LogP contribution is 2.19. The third-order valence-electron chi connectivity index (χ3n) is 3.64. The van der Waals surface area contributed by atoms with E-state index < -0.39 is 6.03 Å². The van der Waals surface area contributed by atoms with E-state index in [4.69, 9.17) is 0 Å². The van der Waals surface area contributed by atoms with Crippen LogP contribution in [-0.2, 0) is 6.42 Å². The lowest BCUT2D eigenvalue weighted by atomic mass is 10.1. The number of amides is 3. The Balaban J connectivity index is 1.62. The number of aromatic nitrogens is 1. The van der Waals surface area contributed by atoms with Crippen LogP contribution in [0.5, 0.6) is 0 Å². The first kappa shape index (κ1) is 17.6. The number of anilines is 3. The quantitative estimate of drug-likeness (QED) is 0.617. The van der Waals surface area contributed by atoms with E-state index in [1.54, 1.807) is 17.5 Å². The smallest absolute Gasteiger partial charge is 0.320 e. The summed E-state index contributed by atoms with van der Waals surface area (Å²) in [5, 5.41) is 10.2. The first-order valence-corrected chi connectivity index (χ1v) is 9.01. The van der Waals surface area contributed by atoms with Crippen molar-refractivity contribution in [3.8, 4) is 0 Å². The molecule has 3 rings (SSSR count). The molecule has 0 aliphatic heterocycles. The number of urea groups is 1. The van der Waals surface area contributed by atoms with Crippen LogP contribution in [0.3, 0.4) is 0 Å². The molecule has 0 aliphatic rings. The Bertz CT molecular complexity index is 909. The highest BCUT2D eigenvalue weighted by Gasteiger charge is 2.14. The van der Waals surface area contributed by atoms with Gasteiger partial charge in [0.2, 0.25) is 0 Å². The van der Waals surface area contributed by atoms with Gasteiger partial charge >= 0.3 is 6.03 Å². The fraction of sp³-hybridized carbons (Fsp3) is 0.105. The summed E-state index contributed by atoms with van der Waals surface area (Å²) in [6.07, 6.45) is 0.819. The second-order valence-electron chi connectivity index (χ2n) is 5.45. The summed E-state index contributed by atoms with van der Waals surface area (Å²) in [6, 6.07) is 16.3. The van der Waals surface area contributed by atoms with Gasteiger partial charge in [-0.25, -0.2) is 9.78 Å². The minimum absolute atomic E-state index is 0.260. The molecule has 0 aliphatic carbocycles. The number of hydrogen-bond donors (Lipinski definition) is 3. The zero-order valence-corrected chi connectivity index (χ0v) is 15.0. The molecule has 2 aromatic carbocycles. The molecule has 26 heavy (non-hydrogen) atoms. The molecule has 1 heterocycles. The maximum atomic E-state index is 12.4. The van der Waals surface area contributed by atoms with E-state index in [9.17, 15) is 9.59 Å². The molecular formula is C19H18N4O2S. The zero-order valence-electron chi connectivity index (χ0n) is 14.2. The summed E-state index contributed by atoms with van der Waals surface area (Å²) < 4.78 is 0. The monoisotopic (exact) mass is 366 g/mol. The second kappa shape index (κ2) is 8.26. The van der Waals surface area contributed by atoms with Crippen LogP contribution < -0.4 is 16.0 Å². The fourth-order valence-corrected chi connectivity index (χ4v) is 3.04. The molecule has 0 saturated heterocycles. The summed E-state index contributed by atoms with van der Waals surface area (Å²) in [5.74, 6) is -0.307. The number of rotatable bonds is 5. The number of carbonyl (C=O) groups is 2. The average Bonchev–Trinajstić information content (AvgIpc) is 3.11. The van der Waals surface area contributed by atoms with Crippen molar-refractivity contribution in [1.82, 2.24) is 4.98 Å². The van der Waals surface area contributed by atoms with Crippen LogP contribution in [0.25, 0.3) is 0 Å². The fourth-order valence-electron chi connectivity index (χ4n) is 2.35. The lowest BCUT2D eigenvalue weighted by molar-refractivity contribution is 0.102. The van der Waals surface area contributed by atoms with Gasteiger partial charge in [-0.3, -0.25) is 10.1 Å². The molecule has 0 unspecified atom stereocenters. The Hall–Kier alpha value is -3.19. The van der Waals surface area contributed by atoms with Crippen LogP contribution in [0.2, 0.25) is 0 Å². The maximum Gasteiger partial charge on any atom is 0.325 e. The Kier molecular flexibility index (Phi) is 5.60. The van der Waals surface area contributed by atoms with Gasteiger partial charge in [0.25, 0.3) is 5.91 Å². The third kappa shape index (κ3) is 4.46. The van der Waals surface area contributed by atoms with Crippen molar-refractivity contribution < 1.29 is 9.59 Å². The third-order valence-corrected chi connectivity index (χ3v) is 4.39. The van der Waals surface area contributed by atoms with Crippen LogP contribution in [0.1, 0.15) is 23.0 Å². The average molecular weight is 366 g/mol. The number of aryl methyl sites for hydroxylation is 1. The van der Waals surface area contributed by atoms with Crippen LogP contribution in [0.15, 0.2) is 60.0 Å². The summed E-state index contributed by atoms with van der Waals surface area (Å²) in [5.41, 5.74) is 2.76. The van der Waals surface area contributed by atoms with E-state index in [1.165, 1.54) is 11.3 Å². The minimum Gasteiger partial charge on any atom is -0.320 e. The first-order chi connectivity index (χ1) is 12.7. The summed E-state index contributed by atoms with van der Waals surface area (Å²) in [7, 11) is 0. The van der Waals surface area contributed by atoms with Gasteiger partial charge in [-0.1, -0.05) is 43.3 Å². The van der Waals surface area contributed by atoms with Crippen molar-refractivity contribution in [3.63, 3.8) is 0 Å². The Morgan fingerprint density at radius 2 is 1.69 bits per heavy atom. The van der Waals surface area contributed by atoms with Gasteiger partial charge < -0.3 is 10.6 Å². The van der Waals surface area contributed by atoms with E-state index in [0.717, 1.165) is 17.7 Å². The van der Waals surface area contributed by atoms with Gasteiger partial charge in [0.1, 0.15) is 5.69 Å². The normalized spacial score (nSPS) is 10.2. The number of hydrogen-bond acceptors (Lipinski definition) is 4. The topological polar surface area (TPSA) is 83.1 Å². The highest BCUT2D eigenvalue weighted by molar-refractivity contribution is 7.14. The number of nitrogens with one attached hydrogen (secondary N) is 3. The van der Waals surface area contributed by atoms with Crippen LogP contribution in [0, 0.1) is 0 Å². The summed E-state index contributed by atoms with van der Waals surface area (Å²) in [6.45, 7) is 2.03. The number of benzene rings is 2. The van der Waals surface area contributed by atoms with Crippen molar-refractivity contribution >= 4 is 39.8 Å². The molecule has 7 heteroatoms. The van der Waals surface area contributed by atoms with Crippen molar-refractivity contribution in [2.45, 2.75) is 13.3 Å². The Morgan fingerprint density at radius 1 is 0.962 bits per heavy atom. The lowest BCUT2D eigenvalue weighted by Gasteiger charge is -2.08. The predicted molar refractivity (Wildman–Crippen MR) is 105 cm³/mol. The molecule has 0 bridgehead atoms. The van der Waals surface area contributed by atoms with E-state index in [2.05, 4.69) is 20.9 Å².